The fourth-order valence-corrected chi connectivity index (χ4v) is 4.42. The van der Waals surface area contributed by atoms with E-state index in [9.17, 15) is 4.79 Å². The maximum atomic E-state index is 12.3. The van der Waals surface area contributed by atoms with Crippen molar-refractivity contribution in [1.29, 1.82) is 0 Å². The molecule has 0 N–H and O–H groups in total. The number of hydrogen-bond donors (Lipinski definition) is 0. The molecule has 4 aromatic rings. The summed E-state index contributed by atoms with van der Waals surface area (Å²) in [6.45, 7) is 5.40. The molecule has 0 aliphatic heterocycles. The minimum atomic E-state index is -0.199. The predicted molar refractivity (Wildman–Crippen MR) is 124 cm³/mol. The number of benzene rings is 3. The van der Waals surface area contributed by atoms with Crippen molar-refractivity contribution in [1.82, 2.24) is 4.57 Å². The van der Waals surface area contributed by atoms with Crippen molar-refractivity contribution in [3.05, 3.63) is 101 Å². The summed E-state index contributed by atoms with van der Waals surface area (Å²) >= 11 is 1.54. The van der Waals surface area contributed by atoms with Gasteiger partial charge in [0.25, 0.3) is 0 Å². The molecule has 0 unspecified atom stereocenters. The fraction of sp³-hybridized carbons (Fsp3) is 0.192. The second-order valence-electron chi connectivity index (χ2n) is 7.50. The van der Waals surface area contributed by atoms with Gasteiger partial charge in [-0.1, -0.05) is 72.3 Å². The van der Waals surface area contributed by atoms with Crippen LogP contribution in [0.1, 0.15) is 22.3 Å². The Morgan fingerprint density at radius 3 is 2.57 bits per heavy atom. The Bertz CT molecular complexity index is 1160. The molecule has 0 saturated carbocycles. The number of carbonyl (C=O) groups is 1. The van der Waals surface area contributed by atoms with E-state index in [0.717, 1.165) is 17.0 Å². The molecule has 0 radical (unpaired) electrons. The molecule has 152 valence electrons. The lowest BCUT2D eigenvalue weighted by Crippen LogP contribution is -2.07. The molecule has 0 aliphatic carbocycles. The van der Waals surface area contributed by atoms with Crippen LogP contribution in [0.3, 0.4) is 0 Å². The van der Waals surface area contributed by atoms with E-state index in [1.165, 1.54) is 39.4 Å². The van der Waals surface area contributed by atoms with Gasteiger partial charge < -0.3 is 9.30 Å². The molecule has 0 bridgehead atoms. The Morgan fingerprint density at radius 2 is 1.73 bits per heavy atom. The highest BCUT2D eigenvalue weighted by atomic mass is 32.2. The molecule has 1 aromatic heterocycles. The Kier molecular flexibility index (Phi) is 6.24. The molecule has 0 saturated heterocycles. The van der Waals surface area contributed by atoms with Crippen LogP contribution >= 0.6 is 11.8 Å². The molecule has 0 spiro atoms. The summed E-state index contributed by atoms with van der Waals surface area (Å²) in [7, 11) is 0. The summed E-state index contributed by atoms with van der Waals surface area (Å²) in [5.41, 5.74) is 6.05. The minimum absolute atomic E-state index is 0.199. The third kappa shape index (κ3) is 4.77. The van der Waals surface area contributed by atoms with Crippen molar-refractivity contribution in [3.63, 3.8) is 0 Å². The molecule has 4 heteroatoms. The number of aromatic nitrogens is 1. The molecule has 3 nitrogen and oxygen atoms in total. The number of fused-ring (bicyclic) bond motifs is 1. The average molecular weight is 416 g/mol. The quantitative estimate of drug-likeness (QED) is 0.268. The molecule has 3 aromatic carbocycles. The van der Waals surface area contributed by atoms with Gasteiger partial charge in [0.15, 0.2) is 0 Å². The Morgan fingerprint density at radius 1 is 0.967 bits per heavy atom. The van der Waals surface area contributed by atoms with Gasteiger partial charge in [0.05, 0.1) is 5.75 Å². The monoisotopic (exact) mass is 415 g/mol. The molecule has 0 fully saturated rings. The van der Waals surface area contributed by atoms with Gasteiger partial charge in [-0.15, -0.1) is 11.8 Å². The van der Waals surface area contributed by atoms with E-state index < -0.39 is 0 Å². The molecular weight excluding hydrogens is 390 g/mol. The van der Waals surface area contributed by atoms with Gasteiger partial charge >= 0.3 is 5.97 Å². The van der Waals surface area contributed by atoms with Crippen molar-refractivity contribution in [3.8, 4) is 0 Å². The van der Waals surface area contributed by atoms with Crippen molar-refractivity contribution < 1.29 is 9.53 Å². The third-order valence-electron chi connectivity index (χ3n) is 5.19. The lowest BCUT2D eigenvalue weighted by molar-refractivity contribution is -0.141. The van der Waals surface area contributed by atoms with Crippen LogP contribution in [0.2, 0.25) is 0 Å². The van der Waals surface area contributed by atoms with Gasteiger partial charge in [0.2, 0.25) is 0 Å². The van der Waals surface area contributed by atoms with Crippen molar-refractivity contribution in [2.45, 2.75) is 31.9 Å². The molecule has 0 atom stereocenters. The number of thioether (sulfide) groups is 1. The first-order valence-electron chi connectivity index (χ1n) is 10.1. The largest absolute Gasteiger partial charge is 0.460 e. The third-order valence-corrected chi connectivity index (χ3v) is 6.20. The number of hydrogen-bond acceptors (Lipinski definition) is 3. The number of para-hydroxylation sites is 1. The lowest BCUT2D eigenvalue weighted by Gasteiger charge is -2.09. The lowest BCUT2D eigenvalue weighted by atomic mass is 10.1. The number of carbonyl (C=O) groups excluding carboxylic acids is 1. The van der Waals surface area contributed by atoms with Gasteiger partial charge in [-0.05, 0) is 36.6 Å². The Hall–Kier alpha value is -2.98. The first-order chi connectivity index (χ1) is 14.6. The van der Waals surface area contributed by atoms with E-state index in [0.29, 0.717) is 12.4 Å². The highest BCUT2D eigenvalue weighted by Gasteiger charge is 2.12. The van der Waals surface area contributed by atoms with Crippen molar-refractivity contribution >= 4 is 28.6 Å². The summed E-state index contributed by atoms with van der Waals surface area (Å²) in [5.74, 6) is 0.0971. The summed E-state index contributed by atoms with van der Waals surface area (Å²) in [6, 6.07) is 24.7. The Labute approximate surface area is 181 Å². The van der Waals surface area contributed by atoms with Crippen molar-refractivity contribution in [2.24, 2.45) is 0 Å². The van der Waals surface area contributed by atoms with E-state index in [-0.39, 0.29) is 5.97 Å². The summed E-state index contributed by atoms with van der Waals surface area (Å²) in [5, 5.41) is 1.17. The van der Waals surface area contributed by atoms with Gasteiger partial charge in [-0.25, -0.2) is 0 Å². The van der Waals surface area contributed by atoms with E-state index >= 15 is 0 Å². The summed E-state index contributed by atoms with van der Waals surface area (Å²) in [6.07, 6.45) is 2.15. The second-order valence-corrected chi connectivity index (χ2v) is 8.52. The standard InChI is InChI=1S/C26H25NO2S/c1-19-12-13-20(2)22(14-19)15-27-16-25(23-10-6-7-11-24(23)27)30-18-26(28)29-17-21-8-4-3-5-9-21/h3-14,16H,15,17-18H2,1-2H3. The maximum Gasteiger partial charge on any atom is 0.316 e. The molecule has 1 heterocycles. The molecule has 0 amide bonds. The highest BCUT2D eigenvalue weighted by Crippen LogP contribution is 2.31. The molecule has 0 aliphatic rings. The van der Waals surface area contributed by atoms with Crippen LogP contribution in [-0.4, -0.2) is 16.3 Å². The second kappa shape index (κ2) is 9.23. The zero-order valence-electron chi connectivity index (χ0n) is 17.3. The molecule has 30 heavy (non-hydrogen) atoms. The SMILES string of the molecule is Cc1ccc(C)c(Cn2cc(SCC(=O)OCc3ccccc3)c3ccccc32)c1. The normalized spacial score (nSPS) is 11.0. The number of nitrogens with zero attached hydrogens (tertiary/aromatic N) is 1. The zero-order chi connectivity index (χ0) is 20.9. The number of rotatable bonds is 7. The summed E-state index contributed by atoms with van der Waals surface area (Å²) < 4.78 is 7.70. The van der Waals surface area contributed by atoms with Gasteiger partial charge in [0.1, 0.15) is 6.61 Å². The first-order valence-corrected chi connectivity index (χ1v) is 11.0. The number of ether oxygens (including phenoxy) is 1. The van der Waals surface area contributed by atoms with Crippen LogP contribution in [0, 0.1) is 13.8 Å². The van der Waals surface area contributed by atoms with Crippen LogP contribution < -0.4 is 0 Å². The van der Waals surface area contributed by atoms with Gasteiger partial charge in [-0.2, -0.15) is 0 Å². The highest BCUT2D eigenvalue weighted by molar-refractivity contribution is 8.00. The summed E-state index contributed by atoms with van der Waals surface area (Å²) in [4.78, 5) is 13.4. The van der Waals surface area contributed by atoms with E-state index in [1.54, 1.807) is 0 Å². The van der Waals surface area contributed by atoms with Crippen molar-refractivity contribution in [2.75, 3.05) is 5.75 Å². The van der Waals surface area contributed by atoms with Gasteiger partial charge in [0, 0.05) is 28.5 Å². The van der Waals surface area contributed by atoms with Gasteiger partial charge in [-0.3, -0.25) is 4.79 Å². The van der Waals surface area contributed by atoms with Crippen LogP contribution in [0.15, 0.2) is 83.9 Å². The van der Waals surface area contributed by atoms with E-state index in [4.69, 9.17) is 4.74 Å². The van der Waals surface area contributed by atoms with Crippen LogP contribution in [-0.2, 0) is 22.7 Å². The van der Waals surface area contributed by atoms with E-state index in [1.807, 2.05) is 36.4 Å². The predicted octanol–water partition coefficient (Wildman–Crippen LogP) is 6.14. The van der Waals surface area contributed by atoms with Crippen LogP contribution in [0.5, 0.6) is 0 Å². The zero-order valence-corrected chi connectivity index (χ0v) is 18.1. The smallest absolute Gasteiger partial charge is 0.316 e. The van der Waals surface area contributed by atoms with E-state index in [2.05, 4.69) is 61.0 Å². The molecule has 4 rings (SSSR count). The fourth-order valence-electron chi connectivity index (χ4n) is 3.53. The van der Waals surface area contributed by atoms with Crippen LogP contribution in [0.4, 0.5) is 0 Å². The number of aryl methyl sites for hydroxylation is 2. The first kappa shape index (κ1) is 20.3. The Balaban J connectivity index is 1.48. The average Bonchev–Trinajstić information content (AvgIpc) is 3.12. The van der Waals surface area contributed by atoms with Crippen LogP contribution in [0.25, 0.3) is 10.9 Å². The minimum Gasteiger partial charge on any atom is -0.460 e. The topological polar surface area (TPSA) is 31.2 Å². The number of esters is 1. The molecular formula is C26H25NO2S. The maximum absolute atomic E-state index is 12.3.